The number of carbonyl (C=O) groups excluding carboxylic acids is 2. The number of nitrogens with one attached hydrogen (secondary N) is 2. The van der Waals surface area contributed by atoms with Crippen LogP contribution in [0, 0.1) is 5.92 Å². The maximum Gasteiger partial charge on any atom is 0.407 e. The van der Waals surface area contributed by atoms with Gasteiger partial charge in [-0.15, -0.1) is 0 Å². The molecule has 0 aliphatic heterocycles. The van der Waals surface area contributed by atoms with E-state index >= 15 is 0 Å². The molecule has 1 aromatic rings. The number of hydrogen-bond acceptors (Lipinski definition) is 5. The van der Waals surface area contributed by atoms with Gasteiger partial charge in [-0.25, -0.2) is 9.59 Å². The quantitative estimate of drug-likeness (QED) is 0.329. The smallest absolute Gasteiger partial charge is 0.407 e. The van der Waals surface area contributed by atoms with Crippen molar-refractivity contribution in [2.75, 3.05) is 13.2 Å². The standard InChI is InChI=1S/C13H17Br2NO3.C11H23NO2/c1-13(2,3)19-12(17)16-4-5-18-11-7-9(14)6-10(15)8-11;1-7-9(8(2)3)12-10(13)14-11(4,5)6/h6-8H,4-5H2,1-3H3,(H,16,17);8-9H,7H2,1-6H3,(H,12,13). The summed E-state index contributed by atoms with van der Waals surface area (Å²) in [6.45, 7) is 18.1. The molecule has 0 aliphatic carbocycles. The molecule has 1 atom stereocenters. The second kappa shape index (κ2) is 14.7. The first-order valence-corrected chi connectivity index (χ1v) is 12.7. The van der Waals surface area contributed by atoms with E-state index in [2.05, 4.69) is 63.3 Å². The fraction of sp³-hybridized carbons (Fsp3) is 0.667. The van der Waals surface area contributed by atoms with E-state index in [0.717, 1.165) is 21.1 Å². The predicted octanol–water partition coefficient (Wildman–Crippen LogP) is 7.06. The van der Waals surface area contributed by atoms with Crippen molar-refractivity contribution in [1.29, 1.82) is 0 Å². The predicted molar refractivity (Wildman–Crippen MR) is 140 cm³/mol. The van der Waals surface area contributed by atoms with Gasteiger partial charge in [0.15, 0.2) is 0 Å². The van der Waals surface area contributed by atoms with Crippen LogP contribution in [0.25, 0.3) is 0 Å². The van der Waals surface area contributed by atoms with Crippen LogP contribution in [0.15, 0.2) is 27.1 Å². The lowest BCUT2D eigenvalue weighted by Gasteiger charge is -2.24. The Bertz CT molecular complexity index is 723. The van der Waals surface area contributed by atoms with Crippen molar-refractivity contribution in [3.63, 3.8) is 0 Å². The number of rotatable bonds is 7. The number of carbonyl (C=O) groups is 2. The van der Waals surface area contributed by atoms with E-state index in [9.17, 15) is 9.59 Å². The number of halogens is 2. The van der Waals surface area contributed by atoms with Crippen molar-refractivity contribution in [3.8, 4) is 5.75 Å². The van der Waals surface area contributed by atoms with E-state index in [1.54, 1.807) is 0 Å². The third-order valence-corrected chi connectivity index (χ3v) is 4.74. The molecule has 0 bridgehead atoms. The number of amides is 2. The highest BCUT2D eigenvalue weighted by Crippen LogP contribution is 2.24. The molecule has 2 amide bonds. The van der Waals surface area contributed by atoms with Crippen LogP contribution in [0.2, 0.25) is 0 Å². The lowest BCUT2D eigenvalue weighted by atomic mass is 10.0. The second-order valence-corrected chi connectivity index (χ2v) is 11.6. The summed E-state index contributed by atoms with van der Waals surface area (Å²) in [5.41, 5.74) is -0.903. The van der Waals surface area contributed by atoms with Gasteiger partial charge in [-0.3, -0.25) is 0 Å². The van der Waals surface area contributed by atoms with E-state index in [1.165, 1.54) is 0 Å². The number of hydrogen-bond donors (Lipinski definition) is 2. The topological polar surface area (TPSA) is 85.9 Å². The molecule has 7 nitrogen and oxygen atoms in total. The Morgan fingerprint density at radius 3 is 1.82 bits per heavy atom. The summed E-state index contributed by atoms with van der Waals surface area (Å²) in [5.74, 6) is 1.17. The Balaban J connectivity index is 0.000000653. The number of benzene rings is 1. The highest BCUT2D eigenvalue weighted by atomic mass is 79.9. The van der Waals surface area contributed by atoms with Crippen LogP contribution >= 0.6 is 31.9 Å². The fourth-order valence-corrected chi connectivity index (χ4v) is 3.70. The third-order valence-electron chi connectivity index (χ3n) is 3.82. The SMILES string of the molecule is CC(C)(C)OC(=O)NCCOc1cc(Br)cc(Br)c1.CCC(NC(=O)OC(C)(C)C)C(C)C. The lowest BCUT2D eigenvalue weighted by Crippen LogP contribution is -2.41. The first-order valence-electron chi connectivity index (χ1n) is 11.1. The average Bonchev–Trinajstić information content (AvgIpc) is 2.60. The zero-order chi connectivity index (χ0) is 25.8. The maximum absolute atomic E-state index is 11.4. The molecule has 0 spiro atoms. The summed E-state index contributed by atoms with van der Waals surface area (Å²) in [5, 5.41) is 5.49. The van der Waals surface area contributed by atoms with Crippen molar-refractivity contribution in [1.82, 2.24) is 10.6 Å². The van der Waals surface area contributed by atoms with Gasteiger partial charge in [0.25, 0.3) is 0 Å². The Morgan fingerprint density at radius 1 is 0.909 bits per heavy atom. The highest BCUT2D eigenvalue weighted by molar-refractivity contribution is 9.11. The van der Waals surface area contributed by atoms with E-state index in [4.69, 9.17) is 14.2 Å². The highest BCUT2D eigenvalue weighted by Gasteiger charge is 2.20. The monoisotopic (exact) mass is 594 g/mol. The van der Waals surface area contributed by atoms with Crippen LogP contribution < -0.4 is 15.4 Å². The summed E-state index contributed by atoms with van der Waals surface area (Å²) >= 11 is 6.76. The van der Waals surface area contributed by atoms with Crippen LogP contribution in [0.5, 0.6) is 5.75 Å². The van der Waals surface area contributed by atoms with Gasteiger partial charge in [0.05, 0.1) is 6.54 Å². The van der Waals surface area contributed by atoms with Gasteiger partial charge < -0.3 is 24.8 Å². The van der Waals surface area contributed by atoms with Crippen molar-refractivity contribution in [2.24, 2.45) is 5.92 Å². The normalized spacial score (nSPS) is 12.2. The van der Waals surface area contributed by atoms with Crippen molar-refractivity contribution < 1.29 is 23.8 Å². The molecule has 1 aromatic carbocycles. The molecule has 0 aromatic heterocycles. The summed E-state index contributed by atoms with van der Waals surface area (Å²) in [6.07, 6.45) is 0.168. The fourth-order valence-electron chi connectivity index (χ4n) is 2.45. The van der Waals surface area contributed by atoms with Crippen molar-refractivity contribution >= 4 is 44.0 Å². The second-order valence-electron chi connectivity index (χ2n) is 9.79. The first kappa shape index (κ1) is 31.5. The minimum atomic E-state index is -0.486. The van der Waals surface area contributed by atoms with Crippen molar-refractivity contribution in [2.45, 2.75) is 86.0 Å². The van der Waals surface area contributed by atoms with Gasteiger partial charge in [-0.05, 0) is 72.1 Å². The maximum atomic E-state index is 11.4. The minimum absolute atomic E-state index is 0.199. The molecule has 0 saturated heterocycles. The molecule has 0 aliphatic rings. The van der Waals surface area contributed by atoms with Gasteiger partial charge in [0.2, 0.25) is 0 Å². The van der Waals surface area contributed by atoms with Crippen LogP contribution in [-0.2, 0) is 9.47 Å². The van der Waals surface area contributed by atoms with E-state index in [0.29, 0.717) is 19.1 Å². The summed E-state index contributed by atoms with van der Waals surface area (Å²) in [7, 11) is 0. The number of ether oxygens (including phenoxy) is 3. The molecule has 0 radical (unpaired) electrons. The lowest BCUT2D eigenvalue weighted by molar-refractivity contribution is 0.0485. The van der Waals surface area contributed by atoms with Gasteiger partial charge in [0, 0.05) is 15.0 Å². The van der Waals surface area contributed by atoms with Crippen LogP contribution in [0.1, 0.15) is 68.7 Å². The molecule has 1 unspecified atom stereocenters. The molecule has 0 heterocycles. The van der Waals surface area contributed by atoms with Gasteiger partial charge in [0.1, 0.15) is 23.6 Å². The van der Waals surface area contributed by atoms with Gasteiger partial charge >= 0.3 is 12.2 Å². The Morgan fingerprint density at radius 2 is 1.39 bits per heavy atom. The van der Waals surface area contributed by atoms with Crippen LogP contribution in [-0.4, -0.2) is 42.6 Å². The van der Waals surface area contributed by atoms with E-state index < -0.39 is 17.3 Å². The molecule has 33 heavy (non-hydrogen) atoms. The summed E-state index contributed by atoms with van der Waals surface area (Å²) in [6, 6.07) is 5.84. The number of alkyl carbamates (subject to hydrolysis) is 2. The molecule has 190 valence electrons. The zero-order valence-corrected chi connectivity index (χ0v) is 24.5. The average molecular weight is 596 g/mol. The van der Waals surface area contributed by atoms with E-state index in [1.807, 2.05) is 59.7 Å². The van der Waals surface area contributed by atoms with Crippen LogP contribution in [0.3, 0.4) is 0 Å². The van der Waals surface area contributed by atoms with Crippen molar-refractivity contribution in [3.05, 3.63) is 27.1 Å². The molecule has 0 fully saturated rings. The Labute approximate surface area is 216 Å². The molecular weight excluding hydrogens is 556 g/mol. The Hall–Kier alpha value is -1.48. The molecule has 9 heteroatoms. The largest absolute Gasteiger partial charge is 0.492 e. The molecule has 2 N–H and O–H groups in total. The Kier molecular flexibility index (Phi) is 14.1. The molecule has 1 rings (SSSR count). The third kappa shape index (κ3) is 17.6. The summed E-state index contributed by atoms with van der Waals surface area (Å²) in [4.78, 5) is 22.8. The van der Waals surface area contributed by atoms with E-state index in [-0.39, 0.29) is 12.1 Å². The minimum Gasteiger partial charge on any atom is -0.492 e. The molecule has 0 saturated carbocycles. The molecular formula is C24H40Br2N2O5. The van der Waals surface area contributed by atoms with Gasteiger partial charge in [-0.1, -0.05) is 52.6 Å². The zero-order valence-electron chi connectivity index (χ0n) is 21.3. The van der Waals surface area contributed by atoms with Crippen LogP contribution in [0.4, 0.5) is 9.59 Å². The summed E-state index contributed by atoms with van der Waals surface area (Å²) < 4.78 is 17.7. The first-order chi connectivity index (χ1) is 15.0. The van der Waals surface area contributed by atoms with Gasteiger partial charge in [-0.2, -0.15) is 0 Å².